The molecule has 4 heteroatoms. The maximum atomic E-state index is 11.7. The van der Waals surface area contributed by atoms with Gasteiger partial charge in [0.05, 0.1) is 0 Å². The molecule has 0 atom stereocenters. The third-order valence-electron chi connectivity index (χ3n) is 4.58. The molecule has 156 valence electrons. The SMILES string of the molecule is CC(C)(C)OC(=O)NCc1ccc(CNCc2ccc(-c3ccccc3)cc2)cc1. The van der Waals surface area contributed by atoms with Crippen LogP contribution in [0.1, 0.15) is 37.5 Å². The number of carbonyl (C=O) groups is 1. The van der Waals surface area contributed by atoms with E-state index in [1.54, 1.807) is 0 Å². The maximum absolute atomic E-state index is 11.7. The fourth-order valence-corrected chi connectivity index (χ4v) is 3.06. The van der Waals surface area contributed by atoms with Crippen molar-refractivity contribution >= 4 is 6.09 Å². The Labute approximate surface area is 179 Å². The van der Waals surface area contributed by atoms with Crippen LogP contribution in [0.3, 0.4) is 0 Å². The molecule has 0 radical (unpaired) electrons. The zero-order chi connectivity index (χ0) is 21.4. The Bertz CT molecular complexity index is 928. The van der Waals surface area contributed by atoms with Gasteiger partial charge in [0, 0.05) is 19.6 Å². The molecule has 0 aromatic heterocycles. The van der Waals surface area contributed by atoms with Crippen LogP contribution in [0.2, 0.25) is 0 Å². The zero-order valence-corrected chi connectivity index (χ0v) is 17.9. The summed E-state index contributed by atoms with van der Waals surface area (Å²) in [6, 6.07) is 27.3. The molecule has 30 heavy (non-hydrogen) atoms. The lowest BCUT2D eigenvalue weighted by molar-refractivity contribution is 0.0523. The molecule has 2 N–H and O–H groups in total. The largest absolute Gasteiger partial charge is 0.444 e. The molecule has 0 bridgehead atoms. The van der Waals surface area contributed by atoms with E-state index < -0.39 is 11.7 Å². The summed E-state index contributed by atoms with van der Waals surface area (Å²) < 4.78 is 5.25. The van der Waals surface area contributed by atoms with Gasteiger partial charge in [0.15, 0.2) is 0 Å². The number of hydrogen-bond acceptors (Lipinski definition) is 3. The summed E-state index contributed by atoms with van der Waals surface area (Å²) in [5.74, 6) is 0. The first-order valence-corrected chi connectivity index (χ1v) is 10.3. The van der Waals surface area contributed by atoms with Crippen molar-refractivity contribution in [2.45, 2.75) is 46.0 Å². The third kappa shape index (κ3) is 7.05. The summed E-state index contributed by atoms with van der Waals surface area (Å²) in [6.07, 6.45) is -0.397. The van der Waals surface area contributed by atoms with Crippen LogP contribution in [0.25, 0.3) is 11.1 Å². The Hall–Kier alpha value is -3.11. The molecule has 0 heterocycles. The predicted octanol–water partition coefficient (Wildman–Crippen LogP) is 5.67. The van der Waals surface area contributed by atoms with Crippen LogP contribution < -0.4 is 10.6 Å². The van der Waals surface area contributed by atoms with Crippen LogP contribution in [0, 0.1) is 0 Å². The minimum absolute atomic E-state index is 0.397. The van der Waals surface area contributed by atoms with E-state index in [-0.39, 0.29) is 0 Å². The van der Waals surface area contributed by atoms with Gasteiger partial charge in [-0.15, -0.1) is 0 Å². The highest BCUT2D eigenvalue weighted by atomic mass is 16.6. The predicted molar refractivity (Wildman–Crippen MR) is 122 cm³/mol. The normalized spacial score (nSPS) is 11.2. The molecule has 0 unspecified atom stereocenters. The van der Waals surface area contributed by atoms with E-state index in [0.717, 1.165) is 18.7 Å². The van der Waals surface area contributed by atoms with Gasteiger partial charge in [-0.2, -0.15) is 0 Å². The number of carbonyl (C=O) groups excluding carboxylic acids is 1. The van der Waals surface area contributed by atoms with Crippen molar-refractivity contribution in [2.24, 2.45) is 0 Å². The second-order valence-corrected chi connectivity index (χ2v) is 8.34. The van der Waals surface area contributed by atoms with E-state index >= 15 is 0 Å². The van der Waals surface area contributed by atoms with Crippen molar-refractivity contribution < 1.29 is 9.53 Å². The van der Waals surface area contributed by atoms with Crippen molar-refractivity contribution in [3.63, 3.8) is 0 Å². The fraction of sp³-hybridized carbons (Fsp3) is 0.269. The van der Waals surface area contributed by atoms with Gasteiger partial charge in [-0.1, -0.05) is 78.9 Å². The number of benzene rings is 3. The van der Waals surface area contributed by atoms with E-state index in [1.807, 2.05) is 39.0 Å². The van der Waals surface area contributed by atoms with Gasteiger partial charge in [-0.3, -0.25) is 0 Å². The van der Waals surface area contributed by atoms with Crippen molar-refractivity contribution in [2.75, 3.05) is 0 Å². The van der Waals surface area contributed by atoms with Crippen LogP contribution in [0.4, 0.5) is 4.79 Å². The minimum atomic E-state index is -0.485. The van der Waals surface area contributed by atoms with E-state index in [0.29, 0.717) is 6.54 Å². The third-order valence-corrected chi connectivity index (χ3v) is 4.58. The summed E-state index contributed by atoms with van der Waals surface area (Å²) in [6.45, 7) is 7.62. The van der Waals surface area contributed by atoms with Crippen molar-refractivity contribution in [3.8, 4) is 11.1 Å². The Balaban J connectivity index is 1.42. The van der Waals surface area contributed by atoms with Gasteiger partial charge in [0.2, 0.25) is 0 Å². The molecule has 0 spiro atoms. The van der Waals surface area contributed by atoms with E-state index in [1.165, 1.54) is 22.3 Å². The van der Waals surface area contributed by atoms with Crippen molar-refractivity contribution in [1.82, 2.24) is 10.6 Å². The van der Waals surface area contributed by atoms with Gasteiger partial charge in [-0.05, 0) is 48.6 Å². The number of nitrogens with one attached hydrogen (secondary N) is 2. The van der Waals surface area contributed by atoms with E-state index in [9.17, 15) is 4.79 Å². The number of ether oxygens (including phenoxy) is 1. The van der Waals surface area contributed by atoms with Gasteiger partial charge in [0.25, 0.3) is 0 Å². The smallest absolute Gasteiger partial charge is 0.407 e. The average Bonchev–Trinajstić information content (AvgIpc) is 2.73. The molecular formula is C26H30N2O2. The minimum Gasteiger partial charge on any atom is -0.444 e. The Kier molecular flexibility index (Phi) is 7.26. The molecule has 3 aromatic carbocycles. The molecule has 0 saturated heterocycles. The van der Waals surface area contributed by atoms with Crippen LogP contribution >= 0.6 is 0 Å². The van der Waals surface area contributed by atoms with Crippen LogP contribution in [-0.4, -0.2) is 11.7 Å². The van der Waals surface area contributed by atoms with Crippen molar-refractivity contribution in [3.05, 3.63) is 95.6 Å². The van der Waals surface area contributed by atoms with Crippen LogP contribution in [0.15, 0.2) is 78.9 Å². The van der Waals surface area contributed by atoms with Gasteiger partial charge in [0.1, 0.15) is 5.60 Å². The lowest BCUT2D eigenvalue weighted by atomic mass is 10.0. The highest BCUT2D eigenvalue weighted by Gasteiger charge is 2.15. The van der Waals surface area contributed by atoms with E-state index in [4.69, 9.17) is 4.74 Å². The van der Waals surface area contributed by atoms with Crippen LogP contribution in [-0.2, 0) is 24.4 Å². The summed E-state index contributed by atoms with van der Waals surface area (Å²) >= 11 is 0. The fourth-order valence-electron chi connectivity index (χ4n) is 3.06. The first-order valence-electron chi connectivity index (χ1n) is 10.3. The molecule has 0 saturated carbocycles. The van der Waals surface area contributed by atoms with Crippen LogP contribution in [0.5, 0.6) is 0 Å². The lowest BCUT2D eigenvalue weighted by Crippen LogP contribution is -2.32. The van der Waals surface area contributed by atoms with Gasteiger partial charge >= 0.3 is 6.09 Å². The molecule has 1 amide bonds. The topological polar surface area (TPSA) is 50.4 Å². The standard InChI is InChI=1S/C26H30N2O2/c1-26(2,3)30-25(29)28-19-22-11-9-20(10-12-22)17-27-18-21-13-15-24(16-14-21)23-7-5-4-6-8-23/h4-16,27H,17-19H2,1-3H3,(H,28,29). The summed E-state index contributed by atoms with van der Waals surface area (Å²) in [5.41, 5.74) is 5.49. The Morgan fingerprint density at radius 3 is 1.70 bits per heavy atom. The summed E-state index contributed by atoms with van der Waals surface area (Å²) in [7, 11) is 0. The molecule has 4 nitrogen and oxygen atoms in total. The first kappa shape index (κ1) is 21.6. The number of amides is 1. The Morgan fingerprint density at radius 2 is 1.17 bits per heavy atom. The Morgan fingerprint density at radius 1 is 0.700 bits per heavy atom. The highest BCUT2D eigenvalue weighted by Crippen LogP contribution is 2.19. The number of alkyl carbamates (subject to hydrolysis) is 1. The van der Waals surface area contributed by atoms with Gasteiger partial charge in [-0.25, -0.2) is 4.79 Å². The van der Waals surface area contributed by atoms with E-state index in [2.05, 4.69) is 71.3 Å². The van der Waals surface area contributed by atoms with Crippen molar-refractivity contribution in [1.29, 1.82) is 0 Å². The lowest BCUT2D eigenvalue weighted by Gasteiger charge is -2.19. The average molecular weight is 403 g/mol. The highest BCUT2D eigenvalue weighted by molar-refractivity contribution is 5.67. The monoisotopic (exact) mass is 402 g/mol. The molecule has 0 fully saturated rings. The number of hydrogen-bond donors (Lipinski definition) is 2. The second-order valence-electron chi connectivity index (χ2n) is 8.34. The first-order chi connectivity index (χ1) is 14.4. The molecule has 0 aliphatic rings. The molecule has 3 aromatic rings. The molecule has 0 aliphatic carbocycles. The molecule has 0 aliphatic heterocycles. The molecule has 3 rings (SSSR count). The zero-order valence-electron chi connectivity index (χ0n) is 17.9. The molecular weight excluding hydrogens is 372 g/mol. The number of rotatable bonds is 7. The summed E-state index contributed by atoms with van der Waals surface area (Å²) in [5, 5.41) is 6.26. The van der Waals surface area contributed by atoms with Gasteiger partial charge < -0.3 is 15.4 Å². The second kappa shape index (κ2) is 10.1. The quantitative estimate of drug-likeness (QED) is 0.535. The maximum Gasteiger partial charge on any atom is 0.407 e. The summed E-state index contributed by atoms with van der Waals surface area (Å²) in [4.78, 5) is 11.7.